The Hall–Kier alpha value is -2.02. The van der Waals surface area contributed by atoms with Crippen LogP contribution in [0.25, 0.3) is 5.69 Å². The molecule has 2 heterocycles. The van der Waals surface area contributed by atoms with Gasteiger partial charge in [0.1, 0.15) is 6.33 Å². The predicted octanol–water partition coefficient (Wildman–Crippen LogP) is 0.108. The fourth-order valence-corrected chi connectivity index (χ4v) is 1.29. The van der Waals surface area contributed by atoms with E-state index in [0.29, 0.717) is 4.57 Å². The Bertz CT molecular complexity index is 637. The highest BCUT2D eigenvalue weighted by Gasteiger charge is 2.13. The summed E-state index contributed by atoms with van der Waals surface area (Å²) in [6, 6.07) is 0. The second-order valence-electron chi connectivity index (χ2n) is 2.80. The van der Waals surface area contributed by atoms with E-state index in [1.807, 2.05) is 4.98 Å². The molecular formula is C8H4ClFN4O2. The molecule has 0 aliphatic carbocycles. The number of nitrogens with zero attached hydrogens (tertiary/aromatic N) is 3. The van der Waals surface area contributed by atoms with Crippen molar-refractivity contribution in [3.8, 4) is 5.69 Å². The molecule has 82 valence electrons. The third-order valence-corrected chi connectivity index (χ3v) is 2.07. The number of aromatic nitrogens is 4. The molecule has 0 atom stereocenters. The highest BCUT2D eigenvalue weighted by molar-refractivity contribution is 6.29. The first-order chi connectivity index (χ1) is 7.61. The van der Waals surface area contributed by atoms with Crippen LogP contribution in [0.2, 0.25) is 5.15 Å². The van der Waals surface area contributed by atoms with E-state index in [4.69, 9.17) is 11.6 Å². The van der Waals surface area contributed by atoms with Gasteiger partial charge in [0.15, 0.2) is 5.15 Å². The number of rotatable bonds is 1. The molecule has 0 aromatic carbocycles. The van der Waals surface area contributed by atoms with Crippen LogP contribution in [-0.2, 0) is 0 Å². The Morgan fingerprint density at radius 3 is 2.56 bits per heavy atom. The summed E-state index contributed by atoms with van der Waals surface area (Å²) in [7, 11) is 0. The van der Waals surface area contributed by atoms with Crippen molar-refractivity contribution in [1.29, 1.82) is 0 Å². The molecule has 0 saturated carbocycles. The molecule has 0 unspecified atom stereocenters. The molecule has 2 aromatic rings. The van der Waals surface area contributed by atoms with Crippen LogP contribution in [0, 0.1) is 5.82 Å². The summed E-state index contributed by atoms with van der Waals surface area (Å²) in [5, 5.41) is -0.622. The molecule has 0 fully saturated rings. The SMILES string of the molecule is O=c1[nH]c(Cl)c(F)c(=O)n1-c1cncnc1. The highest BCUT2D eigenvalue weighted by Crippen LogP contribution is 2.04. The maximum absolute atomic E-state index is 13.2. The van der Waals surface area contributed by atoms with Crippen LogP contribution in [0.4, 0.5) is 4.39 Å². The lowest BCUT2D eigenvalue weighted by atomic mass is 10.5. The van der Waals surface area contributed by atoms with Crippen LogP contribution < -0.4 is 11.2 Å². The standard InChI is InChI=1S/C8H4ClFN4O2/c9-6-5(10)7(15)14(8(16)13-6)4-1-11-3-12-2-4/h1-3H,(H,13,16). The molecule has 2 aromatic heterocycles. The smallest absolute Gasteiger partial charge is 0.295 e. The van der Waals surface area contributed by atoms with Crippen molar-refractivity contribution in [3.63, 3.8) is 0 Å². The van der Waals surface area contributed by atoms with Gasteiger partial charge in [-0.15, -0.1) is 0 Å². The molecule has 0 saturated heterocycles. The zero-order valence-electron chi connectivity index (χ0n) is 7.65. The van der Waals surface area contributed by atoms with Crippen LogP contribution in [0.5, 0.6) is 0 Å². The number of hydrogen-bond acceptors (Lipinski definition) is 4. The largest absolute Gasteiger partial charge is 0.334 e. The molecule has 2 rings (SSSR count). The average Bonchev–Trinajstić information content (AvgIpc) is 2.28. The maximum atomic E-state index is 13.2. The lowest BCUT2D eigenvalue weighted by Gasteiger charge is -2.03. The van der Waals surface area contributed by atoms with Gasteiger partial charge in [0.05, 0.1) is 18.1 Å². The van der Waals surface area contributed by atoms with E-state index >= 15 is 0 Å². The lowest BCUT2D eigenvalue weighted by molar-refractivity contribution is 0.584. The van der Waals surface area contributed by atoms with Gasteiger partial charge < -0.3 is 0 Å². The summed E-state index contributed by atoms with van der Waals surface area (Å²) >= 11 is 5.30. The van der Waals surface area contributed by atoms with Crippen LogP contribution in [0.1, 0.15) is 0 Å². The van der Waals surface area contributed by atoms with Gasteiger partial charge in [-0.3, -0.25) is 9.78 Å². The second kappa shape index (κ2) is 3.86. The van der Waals surface area contributed by atoms with Gasteiger partial charge in [0.25, 0.3) is 5.56 Å². The summed E-state index contributed by atoms with van der Waals surface area (Å²) in [6.45, 7) is 0. The molecule has 16 heavy (non-hydrogen) atoms. The van der Waals surface area contributed by atoms with Gasteiger partial charge >= 0.3 is 5.69 Å². The maximum Gasteiger partial charge on any atom is 0.334 e. The zero-order chi connectivity index (χ0) is 11.7. The molecule has 6 nitrogen and oxygen atoms in total. The summed E-state index contributed by atoms with van der Waals surface area (Å²) in [5.41, 5.74) is -1.95. The van der Waals surface area contributed by atoms with Crippen molar-refractivity contribution >= 4 is 11.6 Å². The van der Waals surface area contributed by atoms with Crippen LogP contribution >= 0.6 is 11.6 Å². The summed E-state index contributed by atoms with van der Waals surface area (Å²) in [5.74, 6) is -1.23. The van der Waals surface area contributed by atoms with Gasteiger partial charge in [0.2, 0.25) is 5.82 Å². The van der Waals surface area contributed by atoms with E-state index in [1.54, 1.807) is 0 Å². The van der Waals surface area contributed by atoms with Gasteiger partial charge in [-0.1, -0.05) is 11.6 Å². The Morgan fingerprint density at radius 2 is 1.94 bits per heavy atom. The molecule has 0 aliphatic rings. The number of nitrogens with one attached hydrogen (secondary N) is 1. The third-order valence-electron chi connectivity index (χ3n) is 1.81. The average molecular weight is 243 g/mol. The molecule has 0 bridgehead atoms. The van der Waals surface area contributed by atoms with Crippen molar-refractivity contribution < 1.29 is 4.39 Å². The minimum Gasteiger partial charge on any atom is -0.295 e. The molecule has 0 radical (unpaired) electrons. The van der Waals surface area contributed by atoms with E-state index in [9.17, 15) is 14.0 Å². The van der Waals surface area contributed by atoms with Gasteiger partial charge in [-0.25, -0.2) is 19.3 Å². The lowest BCUT2D eigenvalue weighted by Crippen LogP contribution is -2.35. The normalized spacial score (nSPS) is 10.4. The topological polar surface area (TPSA) is 80.6 Å². The fourth-order valence-electron chi connectivity index (χ4n) is 1.13. The van der Waals surface area contributed by atoms with Crippen molar-refractivity contribution in [3.05, 3.63) is 50.5 Å². The number of H-pyrrole nitrogens is 1. The molecule has 8 heteroatoms. The van der Waals surface area contributed by atoms with E-state index in [-0.39, 0.29) is 5.69 Å². The van der Waals surface area contributed by atoms with Crippen molar-refractivity contribution in [1.82, 2.24) is 19.5 Å². The van der Waals surface area contributed by atoms with Crippen molar-refractivity contribution in [2.75, 3.05) is 0 Å². The van der Waals surface area contributed by atoms with Gasteiger partial charge in [-0.05, 0) is 0 Å². The van der Waals surface area contributed by atoms with Crippen LogP contribution in [-0.4, -0.2) is 19.5 Å². The Labute approximate surface area is 92.4 Å². The first kappa shape index (κ1) is 10.5. The van der Waals surface area contributed by atoms with E-state index in [2.05, 4.69) is 9.97 Å². The first-order valence-electron chi connectivity index (χ1n) is 4.07. The summed E-state index contributed by atoms with van der Waals surface area (Å²) in [4.78, 5) is 32.1. The van der Waals surface area contributed by atoms with E-state index < -0.39 is 22.2 Å². The zero-order valence-corrected chi connectivity index (χ0v) is 8.40. The monoisotopic (exact) mass is 242 g/mol. The second-order valence-corrected chi connectivity index (χ2v) is 3.17. The third kappa shape index (κ3) is 1.61. The molecule has 1 N–H and O–H groups in total. The Balaban J connectivity index is 2.82. The molecule has 0 aliphatic heterocycles. The van der Waals surface area contributed by atoms with Crippen LogP contribution in [0.3, 0.4) is 0 Å². The highest BCUT2D eigenvalue weighted by atomic mass is 35.5. The Kier molecular flexibility index (Phi) is 2.53. The van der Waals surface area contributed by atoms with Gasteiger partial charge in [-0.2, -0.15) is 4.39 Å². The predicted molar refractivity (Wildman–Crippen MR) is 53.2 cm³/mol. The van der Waals surface area contributed by atoms with E-state index in [0.717, 1.165) is 0 Å². The van der Waals surface area contributed by atoms with Crippen LogP contribution in [0.15, 0.2) is 28.3 Å². The summed E-state index contributed by atoms with van der Waals surface area (Å²) < 4.78 is 13.7. The molecule has 0 spiro atoms. The number of halogens is 2. The quantitative estimate of drug-likeness (QED) is 0.720. The minimum absolute atomic E-state index is 0.0596. The fraction of sp³-hybridized carbons (Fsp3) is 0. The summed E-state index contributed by atoms with van der Waals surface area (Å²) in [6.07, 6.45) is 3.63. The van der Waals surface area contributed by atoms with Crippen molar-refractivity contribution in [2.45, 2.75) is 0 Å². The Morgan fingerprint density at radius 1 is 1.31 bits per heavy atom. The minimum atomic E-state index is -1.23. The molecule has 0 amide bonds. The number of hydrogen-bond donors (Lipinski definition) is 1. The van der Waals surface area contributed by atoms with Crippen molar-refractivity contribution in [2.24, 2.45) is 0 Å². The molecular weight excluding hydrogens is 239 g/mol. The number of aromatic amines is 1. The van der Waals surface area contributed by atoms with Gasteiger partial charge in [0, 0.05) is 0 Å². The van der Waals surface area contributed by atoms with E-state index in [1.165, 1.54) is 18.7 Å². The first-order valence-corrected chi connectivity index (χ1v) is 4.45.